The summed E-state index contributed by atoms with van der Waals surface area (Å²) in [4.78, 5) is 11.7. The zero-order valence-electron chi connectivity index (χ0n) is 9.55. The Morgan fingerprint density at radius 3 is 2.50 bits per heavy atom. The number of esters is 1. The maximum Gasteiger partial charge on any atom is 0.314 e. The molecule has 0 N–H and O–H groups in total. The second-order valence-electron chi connectivity index (χ2n) is 4.14. The topological polar surface area (TPSA) is 35.5 Å². The molecule has 1 saturated heterocycles. The molecule has 2 rings (SSSR count). The summed E-state index contributed by atoms with van der Waals surface area (Å²) in [5.74, 6) is -0.353. The van der Waals surface area contributed by atoms with Crippen LogP contribution in [0.25, 0.3) is 0 Å². The van der Waals surface area contributed by atoms with E-state index in [1.165, 1.54) is 0 Å². The molecule has 0 amide bonds. The van der Waals surface area contributed by atoms with Gasteiger partial charge in [0.15, 0.2) is 6.29 Å². The van der Waals surface area contributed by atoms with E-state index in [0.29, 0.717) is 6.42 Å². The van der Waals surface area contributed by atoms with Crippen LogP contribution in [0.1, 0.15) is 19.4 Å². The first-order valence-corrected chi connectivity index (χ1v) is 5.56. The van der Waals surface area contributed by atoms with E-state index in [4.69, 9.17) is 9.47 Å². The van der Waals surface area contributed by atoms with Crippen LogP contribution >= 0.6 is 0 Å². The molecule has 0 unspecified atom stereocenters. The van der Waals surface area contributed by atoms with Crippen molar-refractivity contribution < 1.29 is 14.3 Å². The van der Waals surface area contributed by atoms with Gasteiger partial charge in [-0.3, -0.25) is 4.79 Å². The minimum Gasteiger partial charge on any atom is -0.436 e. The fraction of sp³-hybridized carbons (Fsp3) is 0.462. The molecule has 1 aliphatic heterocycles. The number of hydrogen-bond donors (Lipinski definition) is 0. The van der Waals surface area contributed by atoms with E-state index in [2.05, 4.69) is 0 Å². The lowest BCUT2D eigenvalue weighted by Gasteiger charge is -2.31. The summed E-state index contributed by atoms with van der Waals surface area (Å²) >= 11 is 0. The standard InChI is InChI=1S/C13H16O3/c1-9-12(13(14)16-10(2)15-9)8-11-6-4-3-5-7-11/h3-7,9-10,12H,8H2,1-2H3/t9-,10-,12-/m1/s1. The molecule has 1 fully saturated rings. The van der Waals surface area contributed by atoms with Gasteiger partial charge in [-0.15, -0.1) is 0 Å². The molecule has 1 aromatic carbocycles. The Kier molecular flexibility index (Phi) is 3.25. The van der Waals surface area contributed by atoms with E-state index >= 15 is 0 Å². The molecule has 86 valence electrons. The summed E-state index contributed by atoms with van der Waals surface area (Å²) < 4.78 is 10.6. The fourth-order valence-corrected chi connectivity index (χ4v) is 1.98. The van der Waals surface area contributed by atoms with Crippen LogP contribution in [0.15, 0.2) is 30.3 Å². The number of carbonyl (C=O) groups excluding carboxylic acids is 1. The zero-order valence-corrected chi connectivity index (χ0v) is 9.55. The molecule has 0 saturated carbocycles. The van der Waals surface area contributed by atoms with Crippen LogP contribution in [0.2, 0.25) is 0 Å². The van der Waals surface area contributed by atoms with Crippen LogP contribution in [0.3, 0.4) is 0 Å². The van der Waals surface area contributed by atoms with Gasteiger partial charge in [-0.25, -0.2) is 0 Å². The predicted octanol–water partition coefficient (Wildman–Crippen LogP) is 2.15. The molecule has 0 bridgehead atoms. The quantitative estimate of drug-likeness (QED) is 0.716. The monoisotopic (exact) mass is 220 g/mol. The predicted molar refractivity (Wildman–Crippen MR) is 59.7 cm³/mol. The first kappa shape index (κ1) is 11.1. The van der Waals surface area contributed by atoms with Gasteiger partial charge < -0.3 is 9.47 Å². The Morgan fingerprint density at radius 2 is 1.88 bits per heavy atom. The van der Waals surface area contributed by atoms with E-state index in [-0.39, 0.29) is 18.0 Å². The van der Waals surface area contributed by atoms with Gasteiger partial charge in [0.1, 0.15) is 0 Å². The summed E-state index contributed by atoms with van der Waals surface area (Å²) in [5, 5.41) is 0. The largest absolute Gasteiger partial charge is 0.436 e. The highest BCUT2D eigenvalue weighted by Gasteiger charge is 2.34. The maximum absolute atomic E-state index is 11.7. The highest BCUT2D eigenvalue weighted by Crippen LogP contribution is 2.23. The second kappa shape index (κ2) is 4.66. The van der Waals surface area contributed by atoms with Gasteiger partial charge in [-0.1, -0.05) is 30.3 Å². The van der Waals surface area contributed by atoms with Gasteiger partial charge in [0, 0.05) is 0 Å². The molecule has 0 aromatic heterocycles. The highest BCUT2D eigenvalue weighted by molar-refractivity contribution is 5.74. The number of carbonyl (C=O) groups is 1. The molecule has 3 heteroatoms. The molecular formula is C13H16O3. The third kappa shape index (κ3) is 2.42. The Labute approximate surface area is 95.4 Å². The molecule has 0 spiro atoms. The van der Waals surface area contributed by atoms with E-state index in [1.807, 2.05) is 37.3 Å². The molecular weight excluding hydrogens is 204 g/mol. The zero-order chi connectivity index (χ0) is 11.5. The molecule has 1 aliphatic rings. The minimum atomic E-state index is -0.422. The Bertz CT molecular complexity index is 361. The van der Waals surface area contributed by atoms with Crippen molar-refractivity contribution >= 4 is 5.97 Å². The van der Waals surface area contributed by atoms with E-state index in [9.17, 15) is 4.79 Å². The molecule has 3 atom stereocenters. The Morgan fingerprint density at radius 1 is 1.19 bits per heavy atom. The van der Waals surface area contributed by atoms with Crippen LogP contribution in [-0.2, 0) is 20.7 Å². The van der Waals surface area contributed by atoms with Crippen molar-refractivity contribution in [1.82, 2.24) is 0 Å². The van der Waals surface area contributed by atoms with E-state index in [1.54, 1.807) is 6.92 Å². The molecule has 0 radical (unpaired) electrons. The number of benzene rings is 1. The van der Waals surface area contributed by atoms with Crippen molar-refractivity contribution in [1.29, 1.82) is 0 Å². The lowest BCUT2D eigenvalue weighted by molar-refractivity contribution is -0.221. The summed E-state index contributed by atoms with van der Waals surface area (Å²) in [6, 6.07) is 9.93. The van der Waals surface area contributed by atoms with E-state index in [0.717, 1.165) is 5.56 Å². The normalized spacial score (nSPS) is 29.9. The van der Waals surface area contributed by atoms with Crippen LogP contribution in [0.4, 0.5) is 0 Å². The second-order valence-corrected chi connectivity index (χ2v) is 4.14. The third-order valence-corrected chi connectivity index (χ3v) is 2.86. The van der Waals surface area contributed by atoms with E-state index < -0.39 is 6.29 Å². The molecule has 3 nitrogen and oxygen atoms in total. The highest BCUT2D eigenvalue weighted by atomic mass is 16.7. The average molecular weight is 220 g/mol. The maximum atomic E-state index is 11.7. The lowest BCUT2D eigenvalue weighted by Crippen LogP contribution is -2.41. The van der Waals surface area contributed by atoms with Crippen molar-refractivity contribution in [3.05, 3.63) is 35.9 Å². The summed E-state index contributed by atoms with van der Waals surface area (Å²) in [6.45, 7) is 3.66. The minimum absolute atomic E-state index is 0.0866. The number of cyclic esters (lactones) is 1. The SMILES string of the molecule is C[C@H]1OC(=O)[C@H](Cc2ccccc2)[C@@H](C)O1. The van der Waals surface area contributed by atoms with Crippen LogP contribution in [0.5, 0.6) is 0 Å². The van der Waals surface area contributed by atoms with Gasteiger partial charge in [0.25, 0.3) is 0 Å². The van der Waals surface area contributed by atoms with Crippen molar-refractivity contribution in [2.45, 2.75) is 32.7 Å². The Balaban J connectivity index is 2.07. The third-order valence-electron chi connectivity index (χ3n) is 2.86. The van der Waals surface area contributed by atoms with Crippen molar-refractivity contribution in [3.63, 3.8) is 0 Å². The molecule has 16 heavy (non-hydrogen) atoms. The first-order chi connectivity index (χ1) is 7.66. The van der Waals surface area contributed by atoms with Crippen LogP contribution < -0.4 is 0 Å². The lowest BCUT2D eigenvalue weighted by atomic mass is 9.94. The van der Waals surface area contributed by atoms with Crippen molar-refractivity contribution in [2.24, 2.45) is 5.92 Å². The molecule has 1 heterocycles. The summed E-state index contributed by atoms with van der Waals surface area (Å²) in [6.07, 6.45) is 0.166. The number of ether oxygens (including phenoxy) is 2. The van der Waals surface area contributed by atoms with Crippen LogP contribution in [0, 0.1) is 5.92 Å². The smallest absolute Gasteiger partial charge is 0.314 e. The summed E-state index contributed by atoms with van der Waals surface area (Å²) in [5.41, 5.74) is 1.13. The van der Waals surface area contributed by atoms with Gasteiger partial charge in [0.2, 0.25) is 0 Å². The first-order valence-electron chi connectivity index (χ1n) is 5.56. The van der Waals surface area contributed by atoms with Gasteiger partial charge in [-0.05, 0) is 25.8 Å². The van der Waals surface area contributed by atoms with Gasteiger partial charge in [0.05, 0.1) is 12.0 Å². The Hall–Kier alpha value is -1.35. The van der Waals surface area contributed by atoms with Crippen molar-refractivity contribution in [3.8, 4) is 0 Å². The number of hydrogen-bond acceptors (Lipinski definition) is 3. The van der Waals surface area contributed by atoms with Crippen LogP contribution in [-0.4, -0.2) is 18.4 Å². The summed E-state index contributed by atoms with van der Waals surface area (Å²) in [7, 11) is 0. The van der Waals surface area contributed by atoms with Gasteiger partial charge >= 0.3 is 5.97 Å². The fourth-order valence-electron chi connectivity index (χ4n) is 1.98. The average Bonchev–Trinajstić information content (AvgIpc) is 2.25. The van der Waals surface area contributed by atoms with Gasteiger partial charge in [-0.2, -0.15) is 0 Å². The molecule has 0 aliphatic carbocycles. The van der Waals surface area contributed by atoms with Crippen molar-refractivity contribution in [2.75, 3.05) is 0 Å². The number of rotatable bonds is 2. The molecule has 1 aromatic rings.